The second kappa shape index (κ2) is 8.32. The van der Waals surface area contributed by atoms with Crippen molar-refractivity contribution in [3.05, 3.63) is 40.7 Å². The summed E-state index contributed by atoms with van der Waals surface area (Å²) in [5.74, 6) is 0.322. The van der Waals surface area contributed by atoms with Crippen molar-refractivity contribution >= 4 is 23.3 Å². The Morgan fingerprint density at radius 1 is 1.00 bits per heavy atom. The summed E-state index contributed by atoms with van der Waals surface area (Å²) < 4.78 is 3.76. The Labute approximate surface area is 168 Å². The van der Waals surface area contributed by atoms with Crippen molar-refractivity contribution in [3.63, 3.8) is 0 Å². The predicted molar refractivity (Wildman–Crippen MR) is 105 cm³/mol. The van der Waals surface area contributed by atoms with Crippen LogP contribution in [0.3, 0.4) is 0 Å². The number of nitrogens with zero attached hydrogens (tertiary/aromatic N) is 6. The number of carbonyl (C=O) groups is 2. The number of piperazine rings is 1. The average molecular weight is 401 g/mol. The van der Waals surface area contributed by atoms with Gasteiger partial charge in [0.1, 0.15) is 0 Å². The van der Waals surface area contributed by atoms with Crippen molar-refractivity contribution in [2.75, 3.05) is 46.3 Å². The number of rotatable bonds is 3. The monoisotopic (exact) mass is 400 g/mol. The van der Waals surface area contributed by atoms with E-state index in [0.29, 0.717) is 30.3 Å². The van der Waals surface area contributed by atoms with E-state index in [9.17, 15) is 9.59 Å². The maximum Gasteiger partial charge on any atom is 0.275 e. The van der Waals surface area contributed by atoms with Gasteiger partial charge in [-0.1, -0.05) is 4.49 Å². The van der Waals surface area contributed by atoms with Gasteiger partial charge < -0.3 is 14.7 Å². The molecule has 0 radical (unpaired) electrons. The molecule has 2 amide bonds. The molecule has 2 aliphatic heterocycles. The van der Waals surface area contributed by atoms with Gasteiger partial charge in [-0.3, -0.25) is 14.6 Å². The molecule has 2 aromatic heterocycles. The van der Waals surface area contributed by atoms with Crippen LogP contribution < -0.4 is 0 Å². The quantitative estimate of drug-likeness (QED) is 0.773. The Morgan fingerprint density at radius 2 is 1.71 bits per heavy atom. The van der Waals surface area contributed by atoms with Crippen molar-refractivity contribution in [2.45, 2.75) is 18.8 Å². The first-order valence-corrected chi connectivity index (χ1v) is 10.5. The van der Waals surface area contributed by atoms with Gasteiger partial charge in [-0.05, 0) is 43.6 Å². The molecule has 2 fully saturated rings. The maximum atomic E-state index is 12.6. The summed E-state index contributed by atoms with van der Waals surface area (Å²) in [6, 6.07) is 3.86. The molecule has 0 unspecified atom stereocenters. The topological polar surface area (TPSA) is 82.5 Å². The van der Waals surface area contributed by atoms with Gasteiger partial charge in [0.15, 0.2) is 5.69 Å². The van der Waals surface area contributed by atoms with Crippen molar-refractivity contribution in [1.29, 1.82) is 0 Å². The summed E-state index contributed by atoms with van der Waals surface area (Å²) >= 11 is 1.19. The van der Waals surface area contributed by atoms with E-state index >= 15 is 0 Å². The highest BCUT2D eigenvalue weighted by Gasteiger charge is 2.27. The minimum absolute atomic E-state index is 0.0479. The highest BCUT2D eigenvalue weighted by Crippen LogP contribution is 2.27. The molecule has 2 aliphatic rings. The van der Waals surface area contributed by atoms with Crippen LogP contribution in [0.2, 0.25) is 0 Å². The molecule has 2 saturated heterocycles. The highest BCUT2D eigenvalue weighted by atomic mass is 32.1. The molecule has 4 heterocycles. The number of carbonyl (C=O) groups excluding carboxylic acids is 2. The summed E-state index contributed by atoms with van der Waals surface area (Å²) in [4.78, 5) is 35.5. The van der Waals surface area contributed by atoms with E-state index in [1.54, 1.807) is 11.6 Å². The summed E-state index contributed by atoms with van der Waals surface area (Å²) in [6.07, 6.45) is 3.43. The van der Waals surface area contributed by atoms with Crippen molar-refractivity contribution in [3.8, 4) is 0 Å². The molecular weight excluding hydrogens is 376 g/mol. The van der Waals surface area contributed by atoms with E-state index in [0.717, 1.165) is 44.7 Å². The molecular formula is C19H24N6O2S. The van der Waals surface area contributed by atoms with Gasteiger partial charge in [-0.2, -0.15) is 0 Å². The largest absolute Gasteiger partial charge is 0.337 e. The zero-order valence-corrected chi connectivity index (χ0v) is 16.8. The number of amides is 2. The van der Waals surface area contributed by atoms with Gasteiger partial charge in [-0.15, -0.1) is 5.10 Å². The van der Waals surface area contributed by atoms with Crippen LogP contribution in [0.4, 0.5) is 0 Å². The second-order valence-electron chi connectivity index (χ2n) is 7.42. The summed E-state index contributed by atoms with van der Waals surface area (Å²) in [5, 5.41) is 5.55. The molecule has 0 saturated carbocycles. The lowest BCUT2D eigenvalue weighted by molar-refractivity contribution is 0.0661. The molecule has 2 aromatic rings. The van der Waals surface area contributed by atoms with Crippen LogP contribution in [0, 0.1) is 0 Å². The second-order valence-corrected chi connectivity index (χ2v) is 8.03. The van der Waals surface area contributed by atoms with Crippen molar-refractivity contribution < 1.29 is 9.59 Å². The van der Waals surface area contributed by atoms with Crippen LogP contribution in [0.5, 0.6) is 0 Å². The number of likely N-dealkylation sites (tertiary alicyclic amines) is 1. The van der Waals surface area contributed by atoms with Gasteiger partial charge in [0, 0.05) is 62.5 Å². The Morgan fingerprint density at radius 3 is 2.32 bits per heavy atom. The lowest BCUT2D eigenvalue weighted by Crippen LogP contribution is -2.47. The van der Waals surface area contributed by atoms with Crippen molar-refractivity contribution in [1.82, 2.24) is 29.3 Å². The number of pyridine rings is 1. The minimum atomic E-state index is -0.0479. The van der Waals surface area contributed by atoms with Crippen LogP contribution in [0.25, 0.3) is 0 Å². The first-order chi connectivity index (χ1) is 13.6. The Bertz CT molecular complexity index is 809. The SMILES string of the molecule is CN1CCN(C(=O)c2ccc(C3CCN(C(=O)c4csnn4)CC3)nc2)CC1. The first-order valence-electron chi connectivity index (χ1n) is 9.62. The smallest absolute Gasteiger partial charge is 0.275 e. The molecule has 0 bridgehead atoms. The predicted octanol–water partition coefficient (Wildman–Crippen LogP) is 1.34. The molecule has 0 N–H and O–H groups in total. The van der Waals surface area contributed by atoms with Gasteiger partial charge in [0.05, 0.1) is 5.56 Å². The van der Waals surface area contributed by atoms with E-state index in [-0.39, 0.29) is 11.8 Å². The molecule has 9 heteroatoms. The molecule has 28 heavy (non-hydrogen) atoms. The molecule has 0 aromatic carbocycles. The summed E-state index contributed by atoms with van der Waals surface area (Å²) in [7, 11) is 2.07. The third-order valence-electron chi connectivity index (χ3n) is 5.60. The summed E-state index contributed by atoms with van der Waals surface area (Å²) in [5.41, 5.74) is 2.07. The zero-order valence-electron chi connectivity index (χ0n) is 16.0. The normalized spacial score (nSPS) is 19.0. The first kappa shape index (κ1) is 18.9. The fourth-order valence-corrected chi connectivity index (χ4v) is 4.19. The fraction of sp³-hybridized carbons (Fsp3) is 0.526. The highest BCUT2D eigenvalue weighted by molar-refractivity contribution is 7.03. The van der Waals surface area contributed by atoms with E-state index in [2.05, 4.69) is 26.5 Å². The van der Waals surface area contributed by atoms with Crippen LogP contribution in [-0.2, 0) is 0 Å². The third kappa shape index (κ3) is 4.05. The molecule has 0 aliphatic carbocycles. The number of hydrogen-bond acceptors (Lipinski definition) is 7. The third-order valence-corrected chi connectivity index (χ3v) is 6.11. The minimum Gasteiger partial charge on any atom is -0.337 e. The van der Waals surface area contributed by atoms with Crippen LogP contribution >= 0.6 is 11.5 Å². The molecule has 0 spiro atoms. The van der Waals surface area contributed by atoms with E-state index in [1.807, 2.05) is 21.9 Å². The standard InChI is InChI=1S/C19H24N6O2S/c1-23-8-10-25(11-9-23)18(26)15-2-3-16(20-12-15)14-4-6-24(7-5-14)19(27)17-13-28-22-21-17/h2-3,12-14H,4-11H2,1H3. The van der Waals surface area contributed by atoms with Crippen LogP contribution in [0.1, 0.15) is 45.3 Å². The number of hydrogen-bond donors (Lipinski definition) is 0. The molecule has 148 valence electrons. The summed E-state index contributed by atoms with van der Waals surface area (Å²) in [6.45, 7) is 4.71. The van der Waals surface area contributed by atoms with Gasteiger partial charge in [0.25, 0.3) is 11.8 Å². The molecule has 0 atom stereocenters. The lowest BCUT2D eigenvalue weighted by atomic mass is 9.92. The number of piperidine rings is 1. The van der Waals surface area contributed by atoms with E-state index < -0.39 is 0 Å². The van der Waals surface area contributed by atoms with Crippen LogP contribution in [-0.4, -0.2) is 87.4 Å². The average Bonchev–Trinajstić information content (AvgIpc) is 3.28. The number of likely N-dealkylation sites (N-methyl/N-ethyl adjacent to an activating group) is 1. The van der Waals surface area contributed by atoms with E-state index in [1.165, 1.54) is 11.5 Å². The number of aromatic nitrogens is 3. The molecule has 4 rings (SSSR count). The van der Waals surface area contributed by atoms with E-state index in [4.69, 9.17) is 0 Å². The lowest BCUT2D eigenvalue weighted by Gasteiger charge is -2.32. The zero-order chi connectivity index (χ0) is 19.5. The fourth-order valence-electron chi connectivity index (χ4n) is 3.76. The Hall–Kier alpha value is -2.39. The Balaban J connectivity index is 1.33. The maximum absolute atomic E-state index is 12.6. The van der Waals surface area contributed by atoms with Gasteiger partial charge >= 0.3 is 0 Å². The van der Waals surface area contributed by atoms with Crippen molar-refractivity contribution in [2.24, 2.45) is 0 Å². The van der Waals surface area contributed by atoms with Gasteiger partial charge in [-0.25, -0.2) is 0 Å². The molecule has 8 nitrogen and oxygen atoms in total. The Kier molecular flexibility index (Phi) is 5.63. The van der Waals surface area contributed by atoms with Crippen LogP contribution in [0.15, 0.2) is 23.7 Å². The van der Waals surface area contributed by atoms with Gasteiger partial charge in [0.2, 0.25) is 0 Å².